The Hall–Kier alpha value is -0.860. The molecule has 0 aromatic rings. The SMILES string of the molecule is C/C=C\C(=C/C/C=C/CC)CN1CCOCC1. The summed E-state index contributed by atoms with van der Waals surface area (Å²) in [5.41, 5.74) is 1.41. The number of allylic oxidation sites excluding steroid dienone is 4. The number of nitrogens with zero attached hydrogens (tertiary/aromatic N) is 1. The van der Waals surface area contributed by atoms with Gasteiger partial charge in [0.25, 0.3) is 0 Å². The first kappa shape index (κ1) is 14.2. The van der Waals surface area contributed by atoms with Crippen molar-refractivity contribution in [3.05, 3.63) is 36.0 Å². The monoisotopic (exact) mass is 235 g/mol. The van der Waals surface area contributed by atoms with Crippen LogP contribution in [0.1, 0.15) is 26.7 Å². The Morgan fingerprint density at radius 2 is 2.00 bits per heavy atom. The molecule has 0 radical (unpaired) electrons. The van der Waals surface area contributed by atoms with E-state index in [1.54, 1.807) is 0 Å². The zero-order valence-electron chi connectivity index (χ0n) is 11.2. The smallest absolute Gasteiger partial charge is 0.0594 e. The average Bonchev–Trinajstić information content (AvgIpc) is 2.36. The second kappa shape index (κ2) is 9.20. The standard InChI is InChI=1S/C15H25NO/c1-3-5-6-7-9-15(8-4-2)14-16-10-12-17-13-11-16/h4-6,8-9H,3,7,10-14H2,1-2H3/b6-5+,8-4-,15-9+. The Bertz CT molecular complexity index is 273. The van der Waals surface area contributed by atoms with Crippen LogP contribution in [-0.4, -0.2) is 37.7 Å². The van der Waals surface area contributed by atoms with E-state index in [0.717, 1.165) is 45.7 Å². The molecule has 0 spiro atoms. The zero-order valence-corrected chi connectivity index (χ0v) is 11.2. The Morgan fingerprint density at radius 3 is 2.65 bits per heavy atom. The maximum atomic E-state index is 5.36. The number of morpholine rings is 1. The topological polar surface area (TPSA) is 12.5 Å². The number of rotatable bonds is 6. The van der Waals surface area contributed by atoms with Crippen molar-refractivity contribution in [1.82, 2.24) is 4.90 Å². The van der Waals surface area contributed by atoms with E-state index in [-0.39, 0.29) is 0 Å². The van der Waals surface area contributed by atoms with Crippen LogP contribution >= 0.6 is 0 Å². The van der Waals surface area contributed by atoms with E-state index in [0.29, 0.717) is 0 Å². The molecule has 0 aliphatic carbocycles. The minimum absolute atomic E-state index is 0.874. The third-order valence-electron chi connectivity index (χ3n) is 2.81. The second-order valence-corrected chi connectivity index (χ2v) is 4.28. The van der Waals surface area contributed by atoms with Crippen LogP contribution < -0.4 is 0 Å². The van der Waals surface area contributed by atoms with Gasteiger partial charge < -0.3 is 4.74 Å². The highest BCUT2D eigenvalue weighted by molar-refractivity contribution is 5.21. The van der Waals surface area contributed by atoms with Crippen molar-refractivity contribution >= 4 is 0 Å². The first-order chi connectivity index (χ1) is 8.36. The van der Waals surface area contributed by atoms with E-state index in [1.165, 1.54) is 5.57 Å². The predicted molar refractivity (Wildman–Crippen MR) is 74.2 cm³/mol. The Morgan fingerprint density at radius 1 is 1.24 bits per heavy atom. The molecule has 0 saturated carbocycles. The van der Waals surface area contributed by atoms with Crippen LogP contribution in [0.3, 0.4) is 0 Å². The molecular weight excluding hydrogens is 210 g/mol. The molecule has 0 atom stereocenters. The van der Waals surface area contributed by atoms with Gasteiger partial charge in [0, 0.05) is 19.6 Å². The molecule has 1 fully saturated rings. The molecule has 1 heterocycles. The van der Waals surface area contributed by atoms with Gasteiger partial charge in [-0.3, -0.25) is 4.90 Å². The summed E-state index contributed by atoms with van der Waals surface area (Å²) in [6.45, 7) is 9.15. The van der Waals surface area contributed by atoms with Gasteiger partial charge in [-0.2, -0.15) is 0 Å². The molecule has 0 unspecified atom stereocenters. The normalized spacial score (nSPS) is 19.5. The zero-order chi connectivity index (χ0) is 12.3. The molecule has 0 aromatic heterocycles. The van der Waals surface area contributed by atoms with Crippen LogP contribution in [0, 0.1) is 0 Å². The minimum Gasteiger partial charge on any atom is -0.379 e. The van der Waals surface area contributed by atoms with Crippen molar-refractivity contribution in [3.63, 3.8) is 0 Å². The van der Waals surface area contributed by atoms with Crippen LogP contribution in [0.2, 0.25) is 0 Å². The fourth-order valence-electron chi connectivity index (χ4n) is 1.90. The van der Waals surface area contributed by atoms with Crippen molar-refractivity contribution < 1.29 is 4.74 Å². The lowest BCUT2D eigenvalue weighted by Crippen LogP contribution is -2.37. The van der Waals surface area contributed by atoms with E-state index in [1.807, 2.05) is 0 Å². The van der Waals surface area contributed by atoms with Crippen molar-refractivity contribution in [2.45, 2.75) is 26.7 Å². The van der Waals surface area contributed by atoms with Gasteiger partial charge in [0.05, 0.1) is 13.2 Å². The van der Waals surface area contributed by atoms with E-state index >= 15 is 0 Å². The summed E-state index contributed by atoms with van der Waals surface area (Å²) in [6, 6.07) is 0. The fourth-order valence-corrected chi connectivity index (χ4v) is 1.90. The third kappa shape index (κ3) is 6.44. The van der Waals surface area contributed by atoms with Crippen molar-refractivity contribution in [3.8, 4) is 0 Å². The Labute approximate surface area is 106 Å². The van der Waals surface area contributed by atoms with Gasteiger partial charge in [0.2, 0.25) is 0 Å². The summed E-state index contributed by atoms with van der Waals surface area (Å²) in [7, 11) is 0. The highest BCUT2D eigenvalue weighted by atomic mass is 16.5. The summed E-state index contributed by atoms with van der Waals surface area (Å²) >= 11 is 0. The van der Waals surface area contributed by atoms with Gasteiger partial charge in [-0.05, 0) is 25.3 Å². The molecule has 1 rings (SSSR count). The second-order valence-electron chi connectivity index (χ2n) is 4.28. The molecule has 0 aromatic carbocycles. The maximum Gasteiger partial charge on any atom is 0.0594 e. The van der Waals surface area contributed by atoms with Gasteiger partial charge in [0.15, 0.2) is 0 Å². The lowest BCUT2D eigenvalue weighted by molar-refractivity contribution is 0.0426. The quantitative estimate of drug-likeness (QED) is 0.518. The first-order valence-electron chi connectivity index (χ1n) is 6.63. The molecule has 0 N–H and O–H groups in total. The Kier molecular flexibility index (Phi) is 7.69. The maximum absolute atomic E-state index is 5.36. The van der Waals surface area contributed by atoms with Crippen molar-refractivity contribution in [2.24, 2.45) is 0 Å². The summed E-state index contributed by atoms with van der Waals surface area (Å²) in [6.07, 6.45) is 13.3. The molecule has 2 nitrogen and oxygen atoms in total. The molecule has 17 heavy (non-hydrogen) atoms. The Balaban J connectivity index is 2.43. The van der Waals surface area contributed by atoms with Crippen molar-refractivity contribution in [1.29, 1.82) is 0 Å². The van der Waals surface area contributed by atoms with E-state index in [9.17, 15) is 0 Å². The van der Waals surface area contributed by atoms with Crippen LogP contribution in [0.5, 0.6) is 0 Å². The minimum atomic E-state index is 0.874. The third-order valence-corrected chi connectivity index (χ3v) is 2.81. The lowest BCUT2D eigenvalue weighted by Gasteiger charge is -2.26. The van der Waals surface area contributed by atoms with Gasteiger partial charge in [-0.15, -0.1) is 0 Å². The summed E-state index contributed by atoms with van der Waals surface area (Å²) in [4.78, 5) is 2.46. The van der Waals surface area contributed by atoms with Gasteiger partial charge >= 0.3 is 0 Å². The summed E-state index contributed by atoms with van der Waals surface area (Å²) < 4.78 is 5.36. The van der Waals surface area contributed by atoms with Crippen LogP contribution in [0.15, 0.2) is 36.0 Å². The van der Waals surface area contributed by atoms with Gasteiger partial charge in [-0.1, -0.05) is 37.3 Å². The van der Waals surface area contributed by atoms with E-state index in [4.69, 9.17) is 4.74 Å². The predicted octanol–water partition coefficient (Wildman–Crippen LogP) is 3.18. The van der Waals surface area contributed by atoms with Gasteiger partial charge in [-0.25, -0.2) is 0 Å². The lowest BCUT2D eigenvalue weighted by atomic mass is 10.1. The van der Waals surface area contributed by atoms with Gasteiger partial charge in [0.1, 0.15) is 0 Å². The number of hydrogen-bond acceptors (Lipinski definition) is 2. The summed E-state index contributed by atoms with van der Waals surface area (Å²) in [5.74, 6) is 0. The molecule has 0 bridgehead atoms. The van der Waals surface area contributed by atoms with Crippen LogP contribution in [-0.2, 0) is 4.74 Å². The molecular formula is C15H25NO. The highest BCUT2D eigenvalue weighted by Crippen LogP contribution is 2.06. The first-order valence-corrected chi connectivity index (χ1v) is 6.63. The van der Waals surface area contributed by atoms with E-state index in [2.05, 4.69) is 49.1 Å². The molecule has 1 aliphatic heterocycles. The number of ether oxygens (including phenoxy) is 1. The summed E-state index contributed by atoms with van der Waals surface area (Å²) in [5, 5.41) is 0. The number of hydrogen-bond donors (Lipinski definition) is 0. The molecule has 96 valence electrons. The highest BCUT2D eigenvalue weighted by Gasteiger charge is 2.10. The molecule has 1 saturated heterocycles. The fraction of sp³-hybridized carbons (Fsp3) is 0.600. The van der Waals surface area contributed by atoms with E-state index < -0.39 is 0 Å². The molecule has 2 heteroatoms. The van der Waals surface area contributed by atoms with Crippen LogP contribution in [0.4, 0.5) is 0 Å². The van der Waals surface area contributed by atoms with Crippen molar-refractivity contribution in [2.75, 3.05) is 32.8 Å². The average molecular weight is 235 g/mol. The van der Waals surface area contributed by atoms with Crippen LogP contribution in [0.25, 0.3) is 0 Å². The molecule has 0 amide bonds. The largest absolute Gasteiger partial charge is 0.379 e. The molecule has 1 aliphatic rings.